The molecule has 4 atom stereocenters. The van der Waals surface area contributed by atoms with Crippen molar-refractivity contribution in [1.29, 1.82) is 0 Å². The fourth-order valence-corrected chi connectivity index (χ4v) is 7.33. The van der Waals surface area contributed by atoms with E-state index in [1.165, 1.54) is 17.0 Å². The third-order valence-corrected chi connectivity index (χ3v) is 10.9. The van der Waals surface area contributed by atoms with Gasteiger partial charge in [-0.2, -0.15) is 0 Å². The van der Waals surface area contributed by atoms with Gasteiger partial charge in [-0.25, -0.2) is 13.2 Å². The van der Waals surface area contributed by atoms with E-state index in [1.807, 2.05) is 13.8 Å². The van der Waals surface area contributed by atoms with Crippen molar-refractivity contribution in [2.75, 3.05) is 43.4 Å². The largest absolute Gasteiger partial charge is 0.490 e. The van der Waals surface area contributed by atoms with E-state index >= 15 is 0 Å². The number of fused-ring (bicyclic) bond motifs is 1. The molecule has 3 N–H and O–H groups in total. The predicted octanol–water partition coefficient (Wildman–Crippen LogP) is 5.11. The SMILES string of the molecule is Cc1noc(C)c1NC(=O)N(C)C[C@@H]1OCCCC[C@@H](C)Oc2ccc(NS(=O)(=O)c3cccs3)cc2C(=O)N([C@@H](C)CO)C[C@H]1C. The van der Waals surface area contributed by atoms with Gasteiger partial charge in [0.05, 0.1) is 30.4 Å². The van der Waals surface area contributed by atoms with Crippen LogP contribution in [0.5, 0.6) is 5.75 Å². The van der Waals surface area contributed by atoms with Crippen molar-refractivity contribution in [2.24, 2.45) is 5.92 Å². The molecule has 4 rings (SSSR count). The number of aryl methyl sites for hydroxylation is 2. The normalized spacial score (nSPS) is 20.4. The number of ether oxygens (including phenoxy) is 2. The summed E-state index contributed by atoms with van der Waals surface area (Å²) in [6.45, 7) is 9.62. The molecule has 0 fully saturated rings. The van der Waals surface area contributed by atoms with Crippen molar-refractivity contribution >= 4 is 44.7 Å². The summed E-state index contributed by atoms with van der Waals surface area (Å²) >= 11 is 1.09. The minimum absolute atomic E-state index is 0.148. The van der Waals surface area contributed by atoms with Gasteiger partial charge >= 0.3 is 6.03 Å². The minimum atomic E-state index is -3.86. The first kappa shape index (κ1) is 36.2. The first-order valence-corrected chi connectivity index (χ1v) is 18.0. The van der Waals surface area contributed by atoms with Gasteiger partial charge in [0.2, 0.25) is 0 Å². The van der Waals surface area contributed by atoms with E-state index in [4.69, 9.17) is 14.0 Å². The molecule has 0 unspecified atom stereocenters. The number of benzene rings is 1. The number of likely N-dealkylation sites (N-methyl/N-ethyl adjacent to an activating group) is 1. The summed E-state index contributed by atoms with van der Waals surface area (Å²) in [4.78, 5) is 30.5. The lowest BCUT2D eigenvalue weighted by Gasteiger charge is -2.35. The van der Waals surface area contributed by atoms with Crippen molar-refractivity contribution in [2.45, 2.75) is 76.3 Å². The maximum absolute atomic E-state index is 14.3. The summed E-state index contributed by atoms with van der Waals surface area (Å²) in [5.41, 5.74) is 1.46. The minimum Gasteiger partial charge on any atom is -0.490 e. The van der Waals surface area contributed by atoms with E-state index in [9.17, 15) is 23.1 Å². The lowest BCUT2D eigenvalue weighted by molar-refractivity contribution is -0.0115. The highest BCUT2D eigenvalue weighted by Gasteiger charge is 2.31. The Morgan fingerprint density at radius 1 is 1.23 bits per heavy atom. The molecule has 0 saturated heterocycles. The standard InChI is InChI=1S/C32H45N5O8S2/c1-20-17-37(21(2)19-38)31(39)26-16-25(35-47(41,42)29-11-9-15-46-29)12-13-27(26)44-22(3)10-7-8-14-43-28(20)18-36(6)32(40)33-30-23(4)34-45-24(30)5/h9,11-13,15-16,20-22,28,35,38H,7-8,10,14,17-19H2,1-6H3,(H,33,40)/t20-,21+,22-,28+/m1/s1. The molecule has 0 saturated carbocycles. The highest BCUT2D eigenvalue weighted by Crippen LogP contribution is 2.30. The molecule has 3 aromatic rings. The average Bonchev–Trinajstić information content (AvgIpc) is 3.69. The fraction of sp³-hybridized carbons (Fsp3) is 0.531. The molecule has 0 spiro atoms. The highest BCUT2D eigenvalue weighted by atomic mass is 32.2. The van der Waals surface area contributed by atoms with Crippen LogP contribution in [0, 0.1) is 19.8 Å². The Hall–Kier alpha value is -3.66. The molecular weight excluding hydrogens is 647 g/mol. The zero-order valence-corrected chi connectivity index (χ0v) is 29.3. The first-order chi connectivity index (χ1) is 22.3. The summed E-state index contributed by atoms with van der Waals surface area (Å²) in [6, 6.07) is 6.86. The molecule has 15 heteroatoms. The summed E-state index contributed by atoms with van der Waals surface area (Å²) in [6.07, 6.45) is 1.57. The molecular formula is C32H45N5O8S2. The topological polar surface area (TPSA) is 164 Å². The van der Waals surface area contributed by atoms with E-state index in [2.05, 4.69) is 15.2 Å². The quantitative estimate of drug-likeness (QED) is 0.291. The zero-order chi connectivity index (χ0) is 34.3. The summed E-state index contributed by atoms with van der Waals surface area (Å²) in [5, 5.41) is 18.6. The van der Waals surface area contributed by atoms with Crippen molar-refractivity contribution in [3.05, 3.63) is 52.7 Å². The second-order valence-corrected chi connectivity index (χ2v) is 14.9. The Morgan fingerprint density at radius 3 is 2.66 bits per heavy atom. The van der Waals surface area contributed by atoms with Gasteiger partial charge in [0.25, 0.3) is 15.9 Å². The van der Waals surface area contributed by atoms with Crippen molar-refractivity contribution in [3.8, 4) is 5.75 Å². The fourth-order valence-electron chi connectivity index (χ4n) is 5.29. The highest BCUT2D eigenvalue weighted by molar-refractivity contribution is 7.94. The zero-order valence-electron chi connectivity index (χ0n) is 27.7. The predicted molar refractivity (Wildman–Crippen MR) is 180 cm³/mol. The average molecular weight is 692 g/mol. The molecule has 2 aromatic heterocycles. The number of aromatic nitrogens is 1. The number of nitrogens with zero attached hydrogens (tertiary/aromatic N) is 3. The number of rotatable bonds is 8. The number of carbonyl (C=O) groups excluding carboxylic acids is 2. The molecule has 1 aromatic carbocycles. The summed E-state index contributed by atoms with van der Waals surface area (Å²) in [5.74, 6) is 0.122. The van der Waals surface area contributed by atoms with Crippen LogP contribution in [0.4, 0.5) is 16.2 Å². The number of anilines is 2. The smallest absolute Gasteiger partial charge is 0.321 e. The Morgan fingerprint density at radius 2 is 2.00 bits per heavy atom. The molecule has 0 bridgehead atoms. The van der Waals surface area contributed by atoms with Crippen LogP contribution in [-0.2, 0) is 14.8 Å². The molecule has 47 heavy (non-hydrogen) atoms. The van der Waals surface area contributed by atoms with Crippen LogP contribution in [0.2, 0.25) is 0 Å². The van der Waals surface area contributed by atoms with E-state index in [0.29, 0.717) is 35.9 Å². The van der Waals surface area contributed by atoms with Crippen LogP contribution < -0.4 is 14.8 Å². The van der Waals surface area contributed by atoms with Gasteiger partial charge in [-0.3, -0.25) is 9.52 Å². The van der Waals surface area contributed by atoms with Crippen LogP contribution in [-0.4, -0.2) is 92.0 Å². The summed E-state index contributed by atoms with van der Waals surface area (Å²) in [7, 11) is -2.20. The molecule has 1 aliphatic rings. The van der Waals surface area contributed by atoms with E-state index in [-0.39, 0.29) is 53.2 Å². The third-order valence-electron chi connectivity index (χ3n) is 8.13. The number of aliphatic hydroxyl groups excluding tert-OH is 1. The van der Waals surface area contributed by atoms with Crippen molar-refractivity contribution in [3.63, 3.8) is 0 Å². The van der Waals surface area contributed by atoms with Gasteiger partial charge < -0.3 is 34.2 Å². The van der Waals surface area contributed by atoms with Crippen LogP contribution in [0.1, 0.15) is 61.8 Å². The number of carbonyl (C=O) groups is 2. The van der Waals surface area contributed by atoms with E-state index < -0.39 is 28.1 Å². The second-order valence-electron chi connectivity index (χ2n) is 12.1. The van der Waals surface area contributed by atoms with Crippen LogP contribution in [0.3, 0.4) is 0 Å². The van der Waals surface area contributed by atoms with Gasteiger partial charge in [-0.1, -0.05) is 18.1 Å². The number of aliphatic hydroxyl groups is 1. The Kier molecular flexibility index (Phi) is 12.3. The second kappa shape index (κ2) is 16.0. The monoisotopic (exact) mass is 691 g/mol. The van der Waals surface area contributed by atoms with Gasteiger partial charge in [0, 0.05) is 38.3 Å². The van der Waals surface area contributed by atoms with E-state index in [1.54, 1.807) is 56.3 Å². The van der Waals surface area contributed by atoms with Crippen molar-refractivity contribution in [1.82, 2.24) is 15.0 Å². The van der Waals surface area contributed by atoms with Gasteiger partial charge in [-0.15, -0.1) is 11.3 Å². The lowest BCUT2D eigenvalue weighted by Crippen LogP contribution is -2.48. The molecule has 3 heterocycles. The molecule has 13 nitrogen and oxygen atoms in total. The van der Waals surface area contributed by atoms with Crippen LogP contribution in [0.25, 0.3) is 0 Å². The number of nitrogens with one attached hydrogen (secondary N) is 2. The van der Waals surface area contributed by atoms with E-state index in [0.717, 1.165) is 24.2 Å². The Balaban J connectivity index is 1.62. The Bertz CT molecular complexity index is 1590. The molecule has 1 aliphatic heterocycles. The first-order valence-electron chi connectivity index (χ1n) is 15.7. The molecule has 3 amide bonds. The maximum Gasteiger partial charge on any atom is 0.321 e. The lowest BCUT2D eigenvalue weighted by atomic mass is 10.0. The number of amides is 3. The number of hydrogen-bond acceptors (Lipinski definition) is 10. The number of thiophene rings is 1. The third kappa shape index (κ3) is 9.24. The van der Waals surface area contributed by atoms with Crippen LogP contribution >= 0.6 is 11.3 Å². The Labute approximate surface area is 280 Å². The van der Waals surface area contributed by atoms with Crippen molar-refractivity contribution < 1.29 is 37.1 Å². The number of hydrogen-bond donors (Lipinski definition) is 3. The van der Waals surface area contributed by atoms with Gasteiger partial charge in [0.15, 0.2) is 5.76 Å². The molecule has 0 aliphatic carbocycles. The molecule has 0 radical (unpaired) electrons. The summed E-state index contributed by atoms with van der Waals surface area (Å²) < 4.78 is 46.4. The van der Waals surface area contributed by atoms with Crippen LogP contribution in [0.15, 0.2) is 44.4 Å². The molecule has 258 valence electrons. The van der Waals surface area contributed by atoms with Gasteiger partial charge in [0.1, 0.15) is 21.3 Å². The number of sulfonamides is 1. The van der Waals surface area contributed by atoms with Gasteiger partial charge in [-0.05, 0) is 76.6 Å². The number of urea groups is 1. The maximum atomic E-state index is 14.3.